The number of rotatable bonds is 5. The molecular formula is C20H22N2O2. The molecule has 2 unspecified atom stereocenters. The monoisotopic (exact) mass is 322 g/mol. The molecule has 0 aliphatic rings. The zero-order chi connectivity index (χ0) is 17.1. The molecule has 4 heteroatoms. The van der Waals surface area contributed by atoms with Crippen molar-refractivity contribution in [1.29, 1.82) is 0 Å². The number of aromatic amines is 1. The van der Waals surface area contributed by atoms with Gasteiger partial charge in [-0.1, -0.05) is 42.5 Å². The average Bonchev–Trinajstić information content (AvgIpc) is 2.61. The Bertz CT molecular complexity index is 887. The van der Waals surface area contributed by atoms with Crippen LogP contribution in [-0.2, 0) is 6.54 Å². The number of pyridine rings is 1. The van der Waals surface area contributed by atoms with Gasteiger partial charge in [0.1, 0.15) is 0 Å². The van der Waals surface area contributed by atoms with Gasteiger partial charge >= 0.3 is 0 Å². The van der Waals surface area contributed by atoms with Crippen LogP contribution in [-0.4, -0.2) is 16.1 Å². The third kappa shape index (κ3) is 3.25. The molecule has 0 saturated heterocycles. The molecule has 0 aliphatic heterocycles. The third-order valence-electron chi connectivity index (χ3n) is 4.44. The summed E-state index contributed by atoms with van der Waals surface area (Å²) in [4.78, 5) is 16.0. The van der Waals surface area contributed by atoms with Gasteiger partial charge in [-0.25, -0.2) is 0 Å². The number of hydrogen-bond acceptors (Lipinski definition) is 3. The number of fused-ring (bicyclic) bond motifs is 1. The standard InChI is InChI=1S/C20H22N2O2/c1-13-17(20(24)16-10-6-7-11-18(16)22-13)12-21-14(2)19(23)15-8-4-3-5-9-15/h3-11,14,19,21,23H,12H2,1-2H3,(H,22,24). The van der Waals surface area contributed by atoms with Crippen molar-refractivity contribution < 1.29 is 5.11 Å². The fourth-order valence-corrected chi connectivity index (χ4v) is 2.93. The summed E-state index contributed by atoms with van der Waals surface area (Å²) in [6.45, 7) is 4.24. The minimum absolute atomic E-state index is 0.0377. The highest BCUT2D eigenvalue weighted by atomic mass is 16.3. The fourth-order valence-electron chi connectivity index (χ4n) is 2.93. The molecule has 0 spiro atoms. The van der Waals surface area contributed by atoms with E-state index in [1.807, 2.05) is 68.4 Å². The lowest BCUT2D eigenvalue weighted by Gasteiger charge is -2.21. The van der Waals surface area contributed by atoms with Gasteiger partial charge in [0, 0.05) is 34.7 Å². The third-order valence-corrected chi connectivity index (χ3v) is 4.44. The number of hydrogen-bond donors (Lipinski definition) is 3. The highest BCUT2D eigenvalue weighted by Gasteiger charge is 2.17. The molecule has 0 radical (unpaired) electrons. The highest BCUT2D eigenvalue weighted by Crippen LogP contribution is 2.17. The summed E-state index contributed by atoms with van der Waals surface area (Å²) in [6.07, 6.45) is -0.619. The number of aliphatic hydroxyl groups is 1. The van der Waals surface area contributed by atoms with Crippen molar-refractivity contribution in [3.63, 3.8) is 0 Å². The van der Waals surface area contributed by atoms with Crippen molar-refractivity contribution in [2.75, 3.05) is 0 Å². The molecule has 0 saturated carbocycles. The van der Waals surface area contributed by atoms with Gasteiger partial charge in [0.25, 0.3) is 0 Å². The van der Waals surface area contributed by atoms with Crippen LogP contribution in [0.4, 0.5) is 0 Å². The molecule has 0 fully saturated rings. The second kappa shape index (κ2) is 6.99. The van der Waals surface area contributed by atoms with Crippen LogP contribution in [0.3, 0.4) is 0 Å². The van der Waals surface area contributed by atoms with E-state index in [9.17, 15) is 9.90 Å². The van der Waals surface area contributed by atoms with E-state index in [1.165, 1.54) is 0 Å². The lowest BCUT2D eigenvalue weighted by Crippen LogP contribution is -2.33. The number of aryl methyl sites for hydroxylation is 1. The normalized spacial score (nSPS) is 13.8. The molecule has 3 aromatic rings. The Labute approximate surface area is 141 Å². The van der Waals surface area contributed by atoms with Crippen LogP contribution in [0.15, 0.2) is 59.4 Å². The number of aromatic nitrogens is 1. The Balaban J connectivity index is 1.79. The number of para-hydroxylation sites is 1. The van der Waals surface area contributed by atoms with Crippen molar-refractivity contribution in [2.45, 2.75) is 32.5 Å². The Hall–Kier alpha value is -2.43. The van der Waals surface area contributed by atoms with E-state index in [-0.39, 0.29) is 11.5 Å². The first kappa shape index (κ1) is 16.4. The maximum atomic E-state index is 12.7. The summed E-state index contributed by atoms with van der Waals surface area (Å²) < 4.78 is 0. The molecular weight excluding hydrogens is 300 g/mol. The predicted octanol–water partition coefficient (Wildman–Crippen LogP) is 3.05. The van der Waals surface area contributed by atoms with Gasteiger partial charge in [-0.15, -0.1) is 0 Å². The molecule has 2 aromatic carbocycles. The minimum Gasteiger partial charge on any atom is -0.387 e. The van der Waals surface area contributed by atoms with Crippen LogP contribution >= 0.6 is 0 Å². The first-order chi connectivity index (χ1) is 11.6. The quantitative estimate of drug-likeness (QED) is 0.676. The Kier molecular flexibility index (Phi) is 4.79. The second-order valence-electron chi connectivity index (χ2n) is 6.13. The maximum Gasteiger partial charge on any atom is 0.194 e. The van der Waals surface area contributed by atoms with Gasteiger partial charge in [-0.3, -0.25) is 4.79 Å². The molecule has 3 N–H and O–H groups in total. The zero-order valence-corrected chi connectivity index (χ0v) is 13.9. The molecule has 1 heterocycles. The van der Waals surface area contributed by atoms with Crippen LogP contribution in [0.5, 0.6) is 0 Å². The van der Waals surface area contributed by atoms with Gasteiger partial charge in [-0.2, -0.15) is 0 Å². The summed E-state index contributed by atoms with van der Waals surface area (Å²) in [5, 5.41) is 14.4. The van der Waals surface area contributed by atoms with Gasteiger partial charge < -0.3 is 15.4 Å². The Morgan fingerprint density at radius 1 is 1.08 bits per heavy atom. The molecule has 0 bridgehead atoms. The SMILES string of the molecule is Cc1[nH]c2ccccc2c(=O)c1CNC(C)C(O)c1ccccc1. The summed E-state index contributed by atoms with van der Waals surface area (Å²) in [5.74, 6) is 0. The number of nitrogens with one attached hydrogen (secondary N) is 2. The topological polar surface area (TPSA) is 65.1 Å². The highest BCUT2D eigenvalue weighted by molar-refractivity contribution is 5.79. The van der Waals surface area contributed by atoms with Gasteiger partial charge in [0.05, 0.1) is 6.10 Å². The van der Waals surface area contributed by atoms with Crippen molar-refractivity contribution in [3.05, 3.63) is 81.6 Å². The zero-order valence-electron chi connectivity index (χ0n) is 13.9. The number of H-pyrrole nitrogens is 1. The van der Waals surface area contributed by atoms with Crippen LogP contribution in [0, 0.1) is 6.92 Å². The lowest BCUT2D eigenvalue weighted by atomic mass is 10.0. The molecule has 124 valence electrons. The van der Waals surface area contributed by atoms with E-state index in [0.717, 1.165) is 16.8 Å². The van der Waals surface area contributed by atoms with E-state index in [4.69, 9.17) is 0 Å². The van der Waals surface area contributed by atoms with E-state index >= 15 is 0 Å². The van der Waals surface area contributed by atoms with E-state index in [1.54, 1.807) is 0 Å². The largest absolute Gasteiger partial charge is 0.387 e. The molecule has 0 amide bonds. The van der Waals surface area contributed by atoms with Crippen LogP contribution < -0.4 is 10.7 Å². The van der Waals surface area contributed by atoms with Crippen molar-refractivity contribution in [3.8, 4) is 0 Å². The first-order valence-corrected chi connectivity index (χ1v) is 8.15. The van der Waals surface area contributed by atoms with E-state index in [2.05, 4.69) is 10.3 Å². The summed E-state index contributed by atoms with van der Waals surface area (Å²) >= 11 is 0. The van der Waals surface area contributed by atoms with Crippen LogP contribution in [0.2, 0.25) is 0 Å². The molecule has 2 atom stereocenters. The van der Waals surface area contributed by atoms with Crippen LogP contribution in [0.1, 0.15) is 29.8 Å². The summed E-state index contributed by atoms with van der Waals surface area (Å²) in [6, 6.07) is 16.9. The van der Waals surface area contributed by atoms with E-state index < -0.39 is 6.10 Å². The minimum atomic E-state index is -0.619. The van der Waals surface area contributed by atoms with Crippen molar-refractivity contribution in [2.24, 2.45) is 0 Å². The van der Waals surface area contributed by atoms with Gasteiger partial charge in [-0.05, 0) is 31.5 Å². The predicted molar refractivity (Wildman–Crippen MR) is 97.0 cm³/mol. The number of benzene rings is 2. The van der Waals surface area contributed by atoms with Crippen LogP contribution in [0.25, 0.3) is 10.9 Å². The van der Waals surface area contributed by atoms with Crippen molar-refractivity contribution in [1.82, 2.24) is 10.3 Å². The molecule has 24 heavy (non-hydrogen) atoms. The van der Waals surface area contributed by atoms with E-state index in [0.29, 0.717) is 17.5 Å². The molecule has 1 aromatic heterocycles. The summed E-state index contributed by atoms with van der Waals surface area (Å²) in [5.41, 5.74) is 3.31. The molecule has 0 aliphatic carbocycles. The maximum absolute atomic E-state index is 12.7. The molecule has 3 rings (SSSR count). The average molecular weight is 322 g/mol. The fraction of sp³-hybridized carbons (Fsp3) is 0.250. The smallest absolute Gasteiger partial charge is 0.194 e. The summed E-state index contributed by atoms with van der Waals surface area (Å²) in [7, 11) is 0. The molecule has 4 nitrogen and oxygen atoms in total. The van der Waals surface area contributed by atoms with Gasteiger partial charge in [0.15, 0.2) is 5.43 Å². The first-order valence-electron chi connectivity index (χ1n) is 8.15. The van der Waals surface area contributed by atoms with Crippen molar-refractivity contribution >= 4 is 10.9 Å². The number of aliphatic hydroxyl groups excluding tert-OH is 1. The van der Waals surface area contributed by atoms with Gasteiger partial charge in [0.2, 0.25) is 0 Å². The Morgan fingerprint density at radius 2 is 1.75 bits per heavy atom. The lowest BCUT2D eigenvalue weighted by molar-refractivity contribution is 0.135. The Morgan fingerprint density at radius 3 is 2.50 bits per heavy atom. The second-order valence-corrected chi connectivity index (χ2v) is 6.13.